The van der Waals surface area contributed by atoms with Crippen LogP contribution in [-0.2, 0) is 22.6 Å². The first-order valence-corrected chi connectivity index (χ1v) is 12.8. The van der Waals surface area contributed by atoms with Crippen molar-refractivity contribution >= 4 is 87.3 Å². The predicted octanol–water partition coefficient (Wildman–Crippen LogP) is 7.44. The fourth-order valence-corrected chi connectivity index (χ4v) is 4.76. The van der Waals surface area contributed by atoms with Crippen LogP contribution < -0.4 is 15.0 Å². The first-order valence-electron chi connectivity index (χ1n) is 10.9. The molecule has 0 radical (unpaired) electrons. The Bertz CT molecular complexity index is 1470. The van der Waals surface area contributed by atoms with Crippen LogP contribution in [0.25, 0.3) is 6.08 Å². The molecule has 3 aromatic carbocycles. The van der Waals surface area contributed by atoms with Crippen molar-refractivity contribution in [1.82, 2.24) is 5.32 Å². The Morgan fingerprint density at radius 1 is 0.973 bits per heavy atom. The van der Waals surface area contributed by atoms with Gasteiger partial charge in [-0.2, -0.15) is 0 Å². The lowest BCUT2D eigenvalue weighted by Gasteiger charge is -2.29. The monoisotopic (exact) mass is 590 g/mol. The highest BCUT2D eigenvalue weighted by Crippen LogP contribution is 2.34. The van der Waals surface area contributed by atoms with Crippen molar-refractivity contribution in [2.24, 2.45) is 0 Å². The number of thiocarbonyl (C=S) groups is 1. The van der Waals surface area contributed by atoms with Gasteiger partial charge in [-0.3, -0.25) is 19.8 Å². The Morgan fingerprint density at radius 2 is 1.76 bits per heavy atom. The van der Waals surface area contributed by atoms with E-state index in [9.17, 15) is 9.59 Å². The van der Waals surface area contributed by atoms with E-state index in [4.69, 9.17) is 63.4 Å². The molecule has 1 aliphatic heterocycles. The second-order valence-corrected chi connectivity index (χ2v) is 9.93. The van der Waals surface area contributed by atoms with Gasteiger partial charge in [-0.05, 0) is 72.2 Å². The molecule has 0 saturated carbocycles. The molecular formula is C27H18Cl4N2O3S. The highest BCUT2D eigenvalue weighted by molar-refractivity contribution is 7.80. The number of ether oxygens (including phenoxy) is 1. The van der Waals surface area contributed by atoms with Crippen molar-refractivity contribution < 1.29 is 14.3 Å². The fraction of sp³-hybridized carbons (Fsp3) is 0.0741. The number of benzene rings is 3. The average molecular weight is 592 g/mol. The lowest BCUT2D eigenvalue weighted by atomic mass is 10.0. The summed E-state index contributed by atoms with van der Waals surface area (Å²) in [5.74, 6) is -0.630. The van der Waals surface area contributed by atoms with Crippen molar-refractivity contribution in [3.05, 3.63) is 110 Å². The molecule has 1 aliphatic rings. The summed E-state index contributed by atoms with van der Waals surface area (Å²) in [6.45, 7) is 4.04. The summed E-state index contributed by atoms with van der Waals surface area (Å²) in [4.78, 5) is 27.2. The lowest BCUT2D eigenvalue weighted by Crippen LogP contribution is -2.54. The van der Waals surface area contributed by atoms with Crippen LogP contribution in [0.2, 0.25) is 20.1 Å². The minimum absolute atomic E-state index is 0.0896. The second-order valence-electron chi connectivity index (χ2n) is 7.92. The Labute approximate surface area is 239 Å². The molecule has 2 amide bonds. The largest absolute Gasteiger partial charge is 0.489 e. The maximum atomic E-state index is 13.4. The van der Waals surface area contributed by atoms with Crippen molar-refractivity contribution in [2.75, 3.05) is 4.90 Å². The van der Waals surface area contributed by atoms with E-state index in [0.717, 1.165) is 16.0 Å². The molecule has 4 rings (SSSR count). The van der Waals surface area contributed by atoms with Gasteiger partial charge >= 0.3 is 0 Å². The van der Waals surface area contributed by atoms with E-state index in [0.29, 0.717) is 27.8 Å². The number of hydrogen-bond acceptors (Lipinski definition) is 4. The molecule has 0 spiro atoms. The summed E-state index contributed by atoms with van der Waals surface area (Å²) in [5, 5.41) is 3.89. The summed E-state index contributed by atoms with van der Waals surface area (Å²) < 4.78 is 6.00. The highest BCUT2D eigenvalue weighted by atomic mass is 35.5. The number of nitrogens with zero attached hydrogens (tertiary/aromatic N) is 1. The van der Waals surface area contributed by atoms with Gasteiger partial charge in [-0.1, -0.05) is 70.7 Å². The van der Waals surface area contributed by atoms with Gasteiger partial charge < -0.3 is 4.74 Å². The maximum Gasteiger partial charge on any atom is 0.270 e. The molecule has 0 atom stereocenters. The molecule has 3 aromatic rings. The lowest BCUT2D eigenvalue weighted by molar-refractivity contribution is -0.122. The summed E-state index contributed by atoms with van der Waals surface area (Å²) in [6, 6.07) is 15.3. The van der Waals surface area contributed by atoms with Crippen LogP contribution in [0, 0.1) is 0 Å². The van der Waals surface area contributed by atoms with Gasteiger partial charge in [-0.25, -0.2) is 0 Å². The van der Waals surface area contributed by atoms with Crippen LogP contribution in [0.3, 0.4) is 0 Å². The van der Waals surface area contributed by atoms with Gasteiger partial charge in [0.25, 0.3) is 11.8 Å². The maximum absolute atomic E-state index is 13.4. The summed E-state index contributed by atoms with van der Waals surface area (Å²) in [5.41, 5.74) is 2.35. The average Bonchev–Trinajstić information content (AvgIpc) is 2.85. The molecule has 0 bridgehead atoms. The van der Waals surface area contributed by atoms with Gasteiger partial charge in [0.15, 0.2) is 5.11 Å². The number of hydrogen-bond donors (Lipinski definition) is 1. The second kappa shape index (κ2) is 11.7. The first-order chi connectivity index (χ1) is 17.7. The number of rotatable bonds is 7. The third kappa shape index (κ3) is 6.00. The number of nitrogens with one attached hydrogen (secondary N) is 1. The van der Waals surface area contributed by atoms with Crippen LogP contribution in [0.5, 0.6) is 5.75 Å². The molecule has 1 N–H and O–H groups in total. The number of halogens is 4. The topological polar surface area (TPSA) is 58.6 Å². The fourth-order valence-electron chi connectivity index (χ4n) is 3.65. The molecule has 10 heteroatoms. The molecule has 0 unspecified atom stereocenters. The van der Waals surface area contributed by atoms with Crippen LogP contribution in [0.1, 0.15) is 16.7 Å². The third-order valence-corrected chi connectivity index (χ3v) is 7.11. The molecule has 1 heterocycles. The molecule has 37 heavy (non-hydrogen) atoms. The van der Waals surface area contributed by atoms with Crippen molar-refractivity contribution in [2.45, 2.75) is 13.0 Å². The smallest absolute Gasteiger partial charge is 0.270 e. The zero-order valence-electron chi connectivity index (χ0n) is 19.1. The molecular weight excluding hydrogens is 574 g/mol. The SMILES string of the molecule is C=CCc1cc(/C=C2\C(=O)NC(=S)N(c3cccc(Cl)c3Cl)C2=O)ccc1OCc1ccc(Cl)cc1Cl. The quantitative estimate of drug-likeness (QED) is 0.134. The Kier molecular flexibility index (Phi) is 8.57. The zero-order chi connectivity index (χ0) is 26.7. The van der Waals surface area contributed by atoms with Gasteiger partial charge in [0, 0.05) is 15.6 Å². The Morgan fingerprint density at radius 3 is 2.49 bits per heavy atom. The van der Waals surface area contributed by atoms with Gasteiger partial charge in [0.1, 0.15) is 17.9 Å². The summed E-state index contributed by atoms with van der Waals surface area (Å²) in [6.07, 6.45) is 3.71. The van der Waals surface area contributed by atoms with Gasteiger partial charge in [0.2, 0.25) is 0 Å². The van der Waals surface area contributed by atoms with Crippen LogP contribution >= 0.6 is 58.6 Å². The number of allylic oxidation sites excluding steroid dienone is 1. The molecule has 188 valence electrons. The number of carbonyl (C=O) groups excluding carboxylic acids is 2. The highest BCUT2D eigenvalue weighted by Gasteiger charge is 2.35. The zero-order valence-corrected chi connectivity index (χ0v) is 22.9. The summed E-state index contributed by atoms with van der Waals surface area (Å²) in [7, 11) is 0. The van der Waals surface area contributed by atoms with Crippen molar-refractivity contribution in [3.63, 3.8) is 0 Å². The van der Waals surface area contributed by atoms with E-state index in [2.05, 4.69) is 11.9 Å². The van der Waals surface area contributed by atoms with Crippen molar-refractivity contribution in [3.8, 4) is 5.75 Å². The number of anilines is 1. The first kappa shape index (κ1) is 27.2. The van der Waals surface area contributed by atoms with Crippen LogP contribution in [0.4, 0.5) is 5.69 Å². The number of carbonyl (C=O) groups is 2. The van der Waals surface area contributed by atoms with Crippen LogP contribution in [0.15, 0.2) is 72.8 Å². The third-order valence-electron chi connectivity index (χ3n) is 5.43. The van der Waals surface area contributed by atoms with E-state index < -0.39 is 11.8 Å². The molecule has 1 saturated heterocycles. The minimum Gasteiger partial charge on any atom is -0.489 e. The van der Waals surface area contributed by atoms with Gasteiger partial charge in [0.05, 0.1) is 15.7 Å². The van der Waals surface area contributed by atoms with Crippen molar-refractivity contribution in [1.29, 1.82) is 0 Å². The molecule has 1 fully saturated rings. The summed E-state index contributed by atoms with van der Waals surface area (Å²) >= 11 is 29.9. The van der Waals surface area contributed by atoms with E-state index in [-0.39, 0.29) is 33.0 Å². The minimum atomic E-state index is -0.624. The normalized spacial score (nSPS) is 14.6. The molecule has 5 nitrogen and oxygen atoms in total. The van der Waals surface area contributed by atoms with Crippen LogP contribution in [-0.4, -0.2) is 16.9 Å². The van der Waals surface area contributed by atoms with E-state index in [1.165, 1.54) is 6.08 Å². The Hall–Kier alpha value is -2.87. The predicted molar refractivity (Wildman–Crippen MR) is 154 cm³/mol. The molecule has 0 aliphatic carbocycles. The standard InChI is InChI=1S/C27H18Cl4N2O3S/c1-2-4-16-11-15(7-10-23(16)36-14-17-8-9-18(28)13-21(17)30)12-19-25(34)32-27(37)33(26(19)35)22-6-3-5-20(29)24(22)31/h2-3,5-13H,1,4,14H2,(H,32,34,37)/b19-12+. The van der Waals surface area contributed by atoms with E-state index in [1.807, 2.05) is 6.07 Å². The number of amides is 2. The molecule has 0 aromatic heterocycles. The van der Waals surface area contributed by atoms with E-state index in [1.54, 1.807) is 54.6 Å². The Balaban J connectivity index is 1.64. The van der Waals surface area contributed by atoms with E-state index >= 15 is 0 Å². The van der Waals surface area contributed by atoms with Gasteiger partial charge in [-0.15, -0.1) is 6.58 Å².